The Labute approximate surface area is 96.0 Å². The summed E-state index contributed by atoms with van der Waals surface area (Å²) in [5.74, 6) is -1.25. The van der Waals surface area contributed by atoms with Crippen molar-refractivity contribution >= 4 is 22.9 Å². The molecule has 0 aliphatic heterocycles. The number of carbonyl (C=O) groups excluding carboxylic acids is 1. The molecule has 1 aromatic carbocycles. The van der Waals surface area contributed by atoms with E-state index >= 15 is 0 Å². The molecule has 0 aliphatic rings. The molecule has 2 N–H and O–H groups in total. The van der Waals surface area contributed by atoms with Crippen LogP contribution in [0.1, 0.15) is 10.4 Å². The van der Waals surface area contributed by atoms with E-state index in [0.29, 0.717) is 11.0 Å². The summed E-state index contributed by atoms with van der Waals surface area (Å²) in [5.41, 5.74) is 1.21. The topological polar surface area (TPSA) is 97.1 Å². The Bertz CT molecular complexity index is 590. The summed E-state index contributed by atoms with van der Waals surface area (Å²) in [6.07, 6.45) is 0. The monoisotopic (exact) mass is 234 g/mol. The van der Waals surface area contributed by atoms with Crippen LogP contribution < -0.4 is 5.32 Å². The first-order valence-electron chi connectivity index (χ1n) is 4.89. The number of hydrogen-bond donors (Lipinski definition) is 2. The number of likely N-dealkylation sites (N-methyl/N-ethyl adjacent to an activating group) is 1. The third-order valence-corrected chi connectivity index (χ3v) is 2.33. The van der Waals surface area contributed by atoms with Crippen LogP contribution in [0.4, 0.5) is 0 Å². The Morgan fingerprint density at radius 1 is 1.47 bits per heavy atom. The molecule has 0 saturated carbocycles. The number of fused-ring (bicyclic) bond motifs is 1. The average molecular weight is 234 g/mol. The van der Waals surface area contributed by atoms with E-state index in [4.69, 9.17) is 5.11 Å². The van der Waals surface area contributed by atoms with Gasteiger partial charge in [-0.15, -0.1) is 5.10 Å². The second-order valence-corrected chi connectivity index (χ2v) is 3.43. The van der Waals surface area contributed by atoms with Crippen LogP contribution in [0.5, 0.6) is 0 Å². The second-order valence-electron chi connectivity index (χ2n) is 3.43. The van der Waals surface area contributed by atoms with Gasteiger partial charge >= 0.3 is 5.97 Å². The van der Waals surface area contributed by atoms with E-state index in [2.05, 4.69) is 15.6 Å². The van der Waals surface area contributed by atoms with Gasteiger partial charge in [-0.05, 0) is 18.2 Å². The fraction of sp³-hybridized carbons (Fsp3) is 0.200. The highest BCUT2D eigenvalue weighted by atomic mass is 16.4. The van der Waals surface area contributed by atoms with Gasteiger partial charge in [-0.1, -0.05) is 5.21 Å². The maximum Gasteiger partial charge on any atom is 0.335 e. The maximum absolute atomic E-state index is 11.2. The Balaban J connectivity index is 2.46. The number of aromatic carboxylic acids is 1. The molecular weight excluding hydrogens is 224 g/mol. The summed E-state index contributed by atoms with van der Waals surface area (Å²) in [6.45, 7) is 0.00999. The van der Waals surface area contributed by atoms with Crippen LogP contribution in [0.3, 0.4) is 0 Å². The van der Waals surface area contributed by atoms with Gasteiger partial charge in [0, 0.05) is 7.05 Å². The number of nitrogens with one attached hydrogen (secondary N) is 1. The van der Waals surface area contributed by atoms with Crippen molar-refractivity contribution in [1.82, 2.24) is 20.3 Å². The zero-order valence-corrected chi connectivity index (χ0v) is 9.04. The van der Waals surface area contributed by atoms with Gasteiger partial charge < -0.3 is 10.4 Å². The van der Waals surface area contributed by atoms with Crippen molar-refractivity contribution in [3.63, 3.8) is 0 Å². The second kappa shape index (κ2) is 4.20. The van der Waals surface area contributed by atoms with Crippen LogP contribution >= 0.6 is 0 Å². The molecule has 1 heterocycles. The van der Waals surface area contributed by atoms with Crippen molar-refractivity contribution < 1.29 is 14.7 Å². The first-order chi connectivity index (χ1) is 8.11. The Hall–Kier alpha value is -2.44. The van der Waals surface area contributed by atoms with Crippen LogP contribution in [-0.4, -0.2) is 39.0 Å². The molecule has 1 amide bonds. The largest absolute Gasteiger partial charge is 0.478 e. The Morgan fingerprint density at radius 2 is 2.24 bits per heavy atom. The normalized spacial score (nSPS) is 10.4. The lowest BCUT2D eigenvalue weighted by atomic mass is 10.2. The van der Waals surface area contributed by atoms with Crippen molar-refractivity contribution in [3.8, 4) is 0 Å². The lowest BCUT2D eigenvalue weighted by Gasteiger charge is -2.01. The van der Waals surface area contributed by atoms with Crippen molar-refractivity contribution in [2.45, 2.75) is 6.54 Å². The number of carboxylic acid groups (broad SMARTS) is 1. The zero-order chi connectivity index (χ0) is 12.4. The number of aromatic nitrogens is 3. The van der Waals surface area contributed by atoms with Crippen LogP contribution in [-0.2, 0) is 11.3 Å². The van der Waals surface area contributed by atoms with Crippen molar-refractivity contribution in [2.24, 2.45) is 0 Å². The van der Waals surface area contributed by atoms with Crippen LogP contribution in [0.2, 0.25) is 0 Å². The molecule has 0 bridgehead atoms. The molecule has 0 aliphatic carbocycles. The maximum atomic E-state index is 11.2. The van der Waals surface area contributed by atoms with E-state index in [1.165, 1.54) is 23.9 Å². The lowest BCUT2D eigenvalue weighted by Crippen LogP contribution is -2.24. The molecule has 0 atom stereocenters. The van der Waals surface area contributed by atoms with E-state index in [1.54, 1.807) is 6.07 Å². The summed E-state index contributed by atoms with van der Waals surface area (Å²) < 4.78 is 1.36. The molecule has 0 saturated heterocycles. The van der Waals surface area contributed by atoms with E-state index in [1.807, 2.05) is 0 Å². The fourth-order valence-electron chi connectivity index (χ4n) is 1.43. The highest BCUT2D eigenvalue weighted by Crippen LogP contribution is 2.13. The SMILES string of the molecule is CNC(=O)Cn1nnc2ccc(C(=O)O)cc21. The van der Waals surface area contributed by atoms with Gasteiger partial charge in [-0.2, -0.15) is 0 Å². The molecule has 88 valence electrons. The molecule has 0 radical (unpaired) electrons. The van der Waals surface area contributed by atoms with Crippen molar-refractivity contribution in [2.75, 3.05) is 7.05 Å². The standard InChI is InChI=1S/C10H10N4O3/c1-11-9(15)5-14-8-4-6(10(16)17)2-3-7(8)12-13-14/h2-4H,5H2,1H3,(H,11,15)(H,16,17). The number of hydrogen-bond acceptors (Lipinski definition) is 4. The van der Waals surface area contributed by atoms with Gasteiger partial charge in [0.25, 0.3) is 0 Å². The molecule has 7 heteroatoms. The van der Waals surface area contributed by atoms with Gasteiger partial charge in [0.05, 0.1) is 11.1 Å². The highest BCUT2D eigenvalue weighted by Gasteiger charge is 2.10. The summed E-state index contributed by atoms with van der Waals surface area (Å²) in [6, 6.07) is 4.45. The van der Waals surface area contributed by atoms with Gasteiger partial charge in [0.1, 0.15) is 12.1 Å². The van der Waals surface area contributed by atoms with Crippen LogP contribution in [0, 0.1) is 0 Å². The Morgan fingerprint density at radius 3 is 2.88 bits per heavy atom. The molecular formula is C10H10N4O3. The smallest absolute Gasteiger partial charge is 0.335 e. The number of nitrogens with zero attached hydrogens (tertiary/aromatic N) is 3. The van der Waals surface area contributed by atoms with Gasteiger partial charge in [-0.25, -0.2) is 9.48 Å². The third kappa shape index (κ3) is 2.07. The van der Waals surface area contributed by atoms with E-state index in [-0.39, 0.29) is 18.0 Å². The molecule has 0 unspecified atom stereocenters. The van der Waals surface area contributed by atoms with Crippen LogP contribution in [0.15, 0.2) is 18.2 Å². The van der Waals surface area contributed by atoms with E-state index in [0.717, 1.165) is 0 Å². The van der Waals surface area contributed by atoms with Crippen LogP contribution in [0.25, 0.3) is 11.0 Å². The minimum absolute atomic E-state index is 0.00999. The summed E-state index contributed by atoms with van der Waals surface area (Å²) in [5, 5.41) is 19.0. The molecule has 2 aromatic rings. The average Bonchev–Trinajstić information content (AvgIpc) is 2.71. The van der Waals surface area contributed by atoms with Crippen molar-refractivity contribution in [3.05, 3.63) is 23.8 Å². The van der Waals surface area contributed by atoms with Crippen molar-refractivity contribution in [1.29, 1.82) is 0 Å². The lowest BCUT2D eigenvalue weighted by molar-refractivity contribution is -0.121. The predicted molar refractivity (Wildman–Crippen MR) is 58.6 cm³/mol. The fourth-order valence-corrected chi connectivity index (χ4v) is 1.43. The molecule has 1 aromatic heterocycles. The number of benzene rings is 1. The zero-order valence-electron chi connectivity index (χ0n) is 9.04. The number of rotatable bonds is 3. The number of carbonyl (C=O) groups is 2. The first-order valence-corrected chi connectivity index (χ1v) is 4.89. The van der Waals surface area contributed by atoms with Gasteiger partial charge in [0.15, 0.2) is 0 Å². The highest BCUT2D eigenvalue weighted by molar-refractivity contribution is 5.92. The molecule has 7 nitrogen and oxygen atoms in total. The molecule has 17 heavy (non-hydrogen) atoms. The quantitative estimate of drug-likeness (QED) is 0.771. The predicted octanol–water partition coefficient (Wildman–Crippen LogP) is -0.125. The minimum Gasteiger partial charge on any atom is -0.478 e. The summed E-state index contributed by atoms with van der Waals surface area (Å²) in [4.78, 5) is 22.1. The summed E-state index contributed by atoms with van der Waals surface area (Å²) >= 11 is 0. The number of carboxylic acids is 1. The van der Waals surface area contributed by atoms with E-state index < -0.39 is 5.97 Å². The minimum atomic E-state index is -1.03. The van der Waals surface area contributed by atoms with Gasteiger partial charge in [0.2, 0.25) is 5.91 Å². The molecule has 0 fully saturated rings. The van der Waals surface area contributed by atoms with E-state index in [9.17, 15) is 9.59 Å². The molecule has 2 rings (SSSR count). The Kier molecular flexibility index (Phi) is 2.73. The number of amides is 1. The third-order valence-electron chi connectivity index (χ3n) is 2.33. The summed E-state index contributed by atoms with van der Waals surface area (Å²) in [7, 11) is 1.52. The molecule has 0 spiro atoms. The van der Waals surface area contributed by atoms with Gasteiger partial charge in [-0.3, -0.25) is 4.79 Å². The first kappa shape index (κ1) is 11.1.